The summed E-state index contributed by atoms with van der Waals surface area (Å²) in [6, 6.07) is 2.00. The summed E-state index contributed by atoms with van der Waals surface area (Å²) in [5.41, 5.74) is 3.25. The summed E-state index contributed by atoms with van der Waals surface area (Å²) in [6.45, 7) is 15.0. The fraction of sp³-hybridized carbons (Fsp3) is 0.611. The molecular weight excluding hydrogens is 302 g/mol. The number of aromatic nitrogens is 3. The van der Waals surface area contributed by atoms with Crippen LogP contribution in [0.15, 0.2) is 12.3 Å². The Morgan fingerprint density at radius 3 is 2.46 bits per heavy atom. The smallest absolute Gasteiger partial charge is 0.257 e. The molecule has 24 heavy (non-hydrogen) atoms. The van der Waals surface area contributed by atoms with Gasteiger partial charge in [-0.1, -0.05) is 27.7 Å². The van der Waals surface area contributed by atoms with Crippen molar-refractivity contribution < 1.29 is 4.79 Å². The Hall–Kier alpha value is -1.95. The van der Waals surface area contributed by atoms with E-state index in [1.54, 1.807) is 10.7 Å². The van der Waals surface area contributed by atoms with Gasteiger partial charge in [0.15, 0.2) is 5.65 Å². The first kappa shape index (κ1) is 16.9. The maximum atomic E-state index is 12.9. The van der Waals surface area contributed by atoms with Gasteiger partial charge < -0.3 is 9.80 Å². The molecule has 0 aromatic carbocycles. The molecule has 130 valence electrons. The van der Waals surface area contributed by atoms with E-state index in [4.69, 9.17) is 0 Å². The summed E-state index contributed by atoms with van der Waals surface area (Å²) < 4.78 is 1.80. The lowest BCUT2D eigenvalue weighted by molar-refractivity contribution is 0.0641. The van der Waals surface area contributed by atoms with E-state index < -0.39 is 0 Å². The summed E-state index contributed by atoms with van der Waals surface area (Å²) in [6.07, 6.45) is 1.70. The predicted molar refractivity (Wildman–Crippen MR) is 94.4 cm³/mol. The van der Waals surface area contributed by atoms with Gasteiger partial charge in [-0.25, -0.2) is 9.50 Å². The third-order valence-electron chi connectivity index (χ3n) is 4.83. The van der Waals surface area contributed by atoms with Crippen LogP contribution >= 0.6 is 0 Å². The quantitative estimate of drug-likeness (QED) is 0.847. The molecule has 0 atom stereocenters. The van der Waals surface area contributed by atoms with Crippen molar-refractivity contribution in [3.8, 4) is 0 Å². The number of aryl methyl sites for hydroxylation is 1. The number of likely N-dealkylation sites (N-methyl/N-ethyl adjacent to an activating group) is 1. The van der Waals surface area contributed by atoms with Gasteiger partial charge in [-0.15, -0.1) is 0 Å². The molecule has 1 aliphatic rings. The summed E-state index contributed by atoms with van der Waals surface area (Å²) in [5.74, 6) is 0.0606. The van der Waals surface area contributed by atoms with Crippen molar-refractivity contribution >= 4 is 11.6 Å². The van der Waals surface area contributed by atoms with Gasteiger partial charge in [-0.2, -0.15) is 5.10 Å². The number of rotatable bonds is 2. The summed E-state index contributed by atoms with van der Waals surface area (Å²) in [4.78, 5) is 21.6. The zero-order chi connectivity index (χ0) is 17.5. The van der Waals surface area contributed by atoms with Crippen molar-refractivity contribution in [2.24, 2.45) is 0 Å². The number of hydrogen-bond donors (Lipinski definition) is 0. The molecular formula is C18H27N5O. The highest BCUT2D eigenvalue weighted by Crippen LogP contribution is 2.23. The molecule has 6 heteroatoms. The van der Waals surface area contributed by atoms with E-state index in [9.17, 15) is 4.79 Å². The molecule has 1 fully saturated rings. The molecule has 2 aromatic rings. The van der Waals surface area contributed by atoms with Crippen molar-refractivity contribution in [2.75, 3.05) is 32.7 Å². The monoisotopic (exact) mass is 329 g/mol. The SMILES string of the molecule is CCN1CCN(C(=O)c2cnc3cc(C(C)(C)C)nn3c2C)CC1. The van der Waals surface area contributed by atoms with Gasteiger partial charge in [0.2, 0.25) is 0 Å². The lowest BCUT2D eigenvalue weighted by Crippen LogP contribution is -2.48. The predicted octanol–water partition coefficient (Wildman–Crippen LogP) is 2.11. The number of piperazine rings is 1. The van der Waals surface area contributed by atoms with Gasteiger partial charge in [0.1, 0.15) is 0 Å². The molecule has 0 spiro atoms. The minimum atomic E-state index is -0.0409. The van der Waals surface area contributed by atoms with Crippen LogP contribution in [0, 0.1) is 6.92 Å². The summed E-state index contributed by atoms with van der Waals surface area (Å²) in [5, 5.41) is 4.67. The molecule has 1 aliphatic heterocycles. The summed E-state index contributed by atoms with van der Waals surface area (Å²) >= 11 is 0. The van der Waals surface area contributed by atoms with Crippen molar-refractivity contribution in [1.29, 1.82) is 0 Å². The van der Waals surface area contributed by atoms with Crippen LogP contribution in [0.25, 0.3) is 5.65 Å². The maximum absolute atomic E-state index is 12.9. The Labute approximate surface area is 143 Å². The molecule has 3 heterocycles. The van der Waals surface area contributed by atoms with E-state index in [1.165, 1.54) is 0 Å². The van der Waals surface area contributed by atoms with E-state index >= 15 is 0 Å². The van der Waals surface area contributed by atoms with Gasteiger partial charge in [0.25, 0.3) is 5.91 Å². The first-order valence-electron chi connectivity index (χ1n) is 8.68. The topological polar surface area (TPSA) is 53.7 Å². The van der Waals surface area contributed by atoms with Gasteiger partial charge in [0.05, 0.1) is 17.0 Å². The number of carbonyl (C=O) groups excluding carboxylic acids is 1. The van der Waals surface area contributed by atoms with E-state index in [1.807, 2.05) is 17.9 Å². The molecule has 1 amide bonds. The van der Waals surface area contributed by atoms with Crippen LogP contribution in [-0.2, 0) is 5.41 Å². The minimum Gasteiger partial charge on any atom is -0.336 e. The first-order valence-corrected chi connectivity index (χ1v) is 8.68. The number of hydrogen-bond acceptors (Lipinski definition) is 4. The van der Waals surface area contributed by atoms with Gasteiger partial charge in [0, 0.05) is 43.9 Å². The van der Waals surface area contributed by atoms with Crippen LogP contribution in [0.2, 0.25) is 0 Å². The zero-order valence-corrected chi connectivity index (χ0v) is 15.3. The molecule has 0 aliphatic carbocycles. The second-order valence-electron chi connectivity index (χ2n) is 7.53. The Bertz CT molecular complexity index is 751. The number of fused-ring (bicyclic) bond motifs is 1. The third-order valence-corrected chi connectivity index (χ3v) is 4.83. The second-order valence-corrected chi connectivity index (χ2v) is 7.53. The van der Waals surface area contributed by atoms with Crippen molar-refractivity contribution in [1.82, 2.24) is 24.4 Å². The highest BCUT2D eigenvalue weighted by atomic mass is 16.2. The molecule has 0 saturated carbocycles. The van der Waals surface area contributed by atoms with Crippen LogP contribution in [0.5, 0.6) is 0 Å². The first-order chi connectivity index (χ1) is 11.3. The normalized spacial score (nSPS) is 16.8. The van der Waals surface area contributed by atoms with Crippen molar-refractivity contribution in [3.63, 3.8) is 0 Å². The van der Waals surface area contributed by atoms with Crippen LogP contribution in [0.4, 0.5) is 0 Å². The Balaban J connectivity index is 1.90. The Morgan fingerprint density at radius 2 is 1.88 bits per heavy atom. The van der Waals surface area contributed by atoms with Crippen LogP contribution in [-0.4, -0.2) is 63.0 Å². The number of nitrogens with zero attached hydrogens (tertiary/aromatic N) is 5. The zero-order valence-electron chi connectivity index (χ0n) is 15.3. The molecule has 0 bridgehead atoms. The molecule has 2 aromatic heterocycles. The molecule has 6 nitrogen and oxygen atoms in total. The van der Waals surface area contributed by atoms with Crippen LogP contribution in [0.1, 0.15) is 49.4 Å². The number of carbonyl (C=O) groups is 1. The minimum absolute atomic E-state index is 0.0409. The fourth-order valence-corrected chi connectivity index (χ4v) is 3.06. The van der Waals surface area contributed by atoms with Crippen molar-refractivity contribution in [2.45, 2.75) is 40.0 Å². The fourth-order valence-electron chi connectivity index (χ4n) is 3.06. The molecule has 0 N–H and O–H groups in total. The molecule has 0 radical (unpaired) electrons. The van der Waals surface area contributed by atoms with E-state index in [2.05, 4.69) is 42.7 Å². The maximum Gasteiger partial charge on any atom is 0.257 e. The van der Waals surface area contributed by atoms with Gasteiger partial charge in [-0.05, 0) is 13.5 Å². The highest BCUT2D eigenvalue weighted by Gasteiger charge is 2.25. The Kier molecular flexibility index (Phi) is 4.34. The highest BCUT2D eigenvalue weighted by molar-refractivity contribution is 5.95. The van der Waals surface area contributed by atoms with Crippen molar-refractivity contribution in [3.05, 3.63) is 29.2 Å². The third kappa shape index (κ3) is 3.02. The van der Waals surface area contributed by atoms with E-state index in [-0.39, 0.29) is 11.3 Å². The second kappa shape index (κ2) is 6.16. The van der Waals surface area contributed by atoms with Crippen LogP contribution in [0.3, 0.4) is 0 Å². The largest absolute Gasteiger partial charge is 0.336 e. The average Bonchev–Trinajstić information content (AvgIpc) is 3.00. The molecule has 3 rings (SSSR count). The Morgan fingerprint density at radius 1 is 1.21 bits per heavy atom. The lowest BCUT2D eigenvalue weighted by Gasteiger charge is -2.34. The summed E-state index contributed by atoms with van der Waals surface area (Å²) in [7, 11) is 0. The molecule has 1 saturated heterocycles. The average molecular weight is 329 g/mol. The lowest BCUT2D eigenvalue weighted by atomic mass is 9.93. The molecule has 0 unspecified atom stereocenters. The van der Waals surface area contributed by atoms with E-state index in [0.29, 0.717) is 5.56 Å². The van der Waals surface area contributed by atoms with Gasteiger partial charge >= 0.3 is 0 Å². The van der Waals surface area contributed by atoms with Gasteiger partial charge in [-0.3, -0.25) is 4.79 Å². The standard InChI is InChI=1S/C18H27N5O/c1-6-21-7-9-22(10-8-21)17(24)14-12-19-16-11-15(18(3,4)5)20-23(16)13(14)2/h11-12H,6-10H2,1-5H3. The van der Waals surface area contributed by atoms with E-state index in [0.717, 1.165) is 49.8 Å². The van der Waals surface area contributed by atoms with Crippen LogP contribution < -0.4 is 0 Å². The number of amides is 1.